The van der Waals surface area contributed by atoms with Gasteiger partial charge in [0.15, 0.2) is 0 Å². The normalized spacial score (nSPS) is 17.4. The number of primary amides is 1. The fourth-order valence-electron chi connectivity index (χ4n) is 2.21. The maximum Gasteiger partial charge on any atom is 0.253 e. The van der Waals surface area contributed by atoms with Crippen molar-refractivity contribution in [3.63, 3.8) is 0 Å². The largest absolute Gasteiger partial charge is 0.369 e. The zero-order valence-corrected chi connectivity index (χ0v) is 11.1. The van der Waals surface area contributed by atoms with Crippen molar-refractivity contribution in [2.45, 2.75) is 6.42 Å². The fraction of sp³-hybridized carbons (Fsp3) is 0.333. The van der Waals surface area contributed by atoms with Crippen LogP contribution in [-0.4, -0.2) is 36.3 Å². The molecule has 1 fully saturated rings. The molecule has 0 spiro atoms. The van der Waals surface area contributed by atoms with E-state index in [2.05, 4.69) is 11.8 Å². The second kappa shape index (κ2) is 6.22. The molecule has 20 heavy (non-hydrogen) atoms. The number of likely N-dealkylation sites (tertiary alicyclic amines) is 1. The topological polar surface area (TPSA) is 89.4 Å². The van der Waals surface area contributed by atoms with Gasteiger partial charge in [0.2, 0.25) is 5.91 Å². The smallest absolute Gasteiger partial charge is 0.253 e. The van der Waals surface area contributed by atoms with Crippen LogP contribution in [0, 0.1) is 17.8 Å². The van der Waals surface area contributed by atoms with Crippen molar-refractivity contribution in [2.75, 3.05) is 19.6 Å². The average molecular weight is 271 g/mol. The number of hydrogen-bond acceptors (Lipinski definition) is 3. The fourth-order valence-corrected chi connectivity index (χ4v) is 2.21. The number of rotatable bonds is 2. The molecule has 1 aliphatic rings. The standard InChI is InChI=1S/C15H17N3O2/c16-8-1-2-11-3-5-12(6-4-11)15(20)18-9-7-13(10-18)14(17)19/h3-6,13H,7-10,16H2,(H2,17,19). The van der Waals surface area contributed by atoms with Crippen LogP contribution < -0.4 is 11.5 Å². The summed E-state index contributed by atoms with van der Waals surface area (Å²) in [5.41, 5.74) is 12.0. The highest BCUT2D eigenvalue weighted by atomic mass is 16.2. The van der Waals surface area contributed by atoms with Crippen LogP contribution in [0.2, 0.25) is 0 Å². The van der Waals surface area contributed by atoms with E-state index >= 15 is 0 Å². The summed E-state index contributed by atoms with van der Waals surface area (Å²) in [6, 6.07) is 7.05. The number of amides is 2. The number of carbonyl (C=O) groups is 2. The molecule has 1 unspecified atom stereocenters. The summed E-state index contributed by atoms with van der Waals surface area (Å²) < 4.78 is 0. The summed E-state index contributed by atoms with van der Waals surface area (Å²) in [6.45, 7) is 1.28. The second-order valence-corrected chi connectivity index (χ2v) is 4.72. The Morgan fingerprint density at radius 1 is 1.30 bits per heavy atom. The lowest BCUT2D eigenvalue weighted by Gasteiger charge is -2.15. The van der Waals surface area contributed by atoms with Gasteiger partial charge < -0.3 is 16.4 Å². The molecule has 104 valence electrons. The van der Waals surface area contributed by atoms with Gasteiger partial charge in [0.1, 0.15) is 0 Å². The Kier molecular flexibility index (Phi) is 4.38. The van der Waals surface area contributed by atoms with E-state index in [1.807, 2.05) is 0 Å². The van der Waals surface area contributed by atoms with Crippen LogP contribution in [0.4, 0.5) is 0 Å². The first kappa shape index (κ1) is 14.1. The Balaban J connectivity index is 2.05. The van der Waals surface area contributed by atoms with E-state index in [1.165, 1.54) is 0 Å². The first-order chi connectivity index (χ1) is 9.61. The minimum atomic E-state index is -0.340. The van der Waals surface area contributed by atoms with Crippen molar-refractivity contribution >= 4 is 11.8 Å². The molecule has 0 aromatic heterocycles. The van der Waals surface area contributed by atoms with E-state index in [9.17, 15) is 9.59 Å². The van der Waals surface area contributed by atoms with Crippen molar-refractivity contribution in [3.8, 4) is 11.8 Å². The van der Waals surface area contributed by atoms with Crippen LogP contribution in [0.25, 0.3) is 0 Å². The van der Waals surface area contributed by atoms with E-state index in [0.29, 0.717) is 31.6 Å². The van der Waals surface area contributed by atoms with Gasteiger partial charge in [-0.05, 0) is 30.7 Å². The second-order valence-electron chi connectivity index (χ2n) is 4.72. The van der Waals surface area contributed by atoms with Crippen molar-refractivity contribution < 1.29 is 9.59 Å². The van der Waals surface area contributed by atoms with E-state index < -0.39 is 0 Å². The molecule has 2 amide bonds. The van der Waals surface area contributed by atoms with Crippen LogP contribution in [0.3, 0.4) is 0 Å². The number of hydrogen-bond donors (Lipinski definition) is 2. The molecule has 5 heteroatoms. The molecule has 1 aromatic rings. The molecule has 0 saturated carbocycles. The summed E-state index contributed by atoms with van der Waals surface area (Å²) in [6.07, 6.45) is 0.640. The Morgan fingerprint density at radius 2 is 2.00 bits per heavy atom. The lowest BCUT2D eigenvalue weighted by Crippen LogP contribution is -2.31. The zero-order chi connectivity index (χ0) is 14.5. The molecule has 4 N–H and O–H groups in total. The minimum Gasteiger partial charge on any atom is -0.369 e. The summed E-state index contributed by atoms with van der Waals surface area (Å²) in [4.78, 5) is 25.0. The molecule has 1 aromatic carbocycles. The van der Waals surface area contributed by atoms with Crippen LogP contribution in [0.1, 0.15) is 22.3 Å². The third-order valence-electron chi connectivity index (χ3n) is 3.34. The van der Waals surface area contributed by atoms with Gasteiger partial charge in [0, 0.05) is 24.2 Å². The van der Waals surface area contributed by atoms with Gasteiger partial charge in [0.25, 0.3) is 5.91 Å². The van der Waals surface area contributed by atoms with Gasteiger partial charge in [0.05, 0.1) is 12.5 Å². The average Bonchev–Trinajstić information content (AvgIpc) is 2.95. The van der Waals surface area contributed by atoms with Crippen LogP contribution >= 0.6 is 0 Å². The zero-order valence-electron chi connectivity index (χ0n) is 11.1. The molecule has 1 heterocycles. The number of carbonyl (C=O) groups excluding carboxylic acids is 2. The SMILES string of the molecule is NCC#Cc1ccc(C(=O)N2CCC(C(N)=O)C2)cc1. The van der Waals surface area contributed by atoms with E-state index in [0.717, 1.165) is 5.56 Å². The van der Waals surface area contributed by atoms with Crippen LogP contribution in [0.15, 0.2) is 24.3 Å². The summed E-state index contributed by atoms with van der Waals surface area (Å²) >= 11 is 0. The van der Waals surface area contributed by atoms with Gasteiger partial charge in [-0.2, -0.15) is 0 Å². The number of nitrogens with two attached hydrogens (primary N) is 2. The molecular weight excluding hydrogens is 254 g/mol. The van der Waals surface area contributed by atoms with E-state index in [4.69, 9.17) is 11.5 Å². The monoisotopic (exact) mass is 271 g/mol. The molecule has 0 aliphatic carbocycles. The van der Waals surface area contributed by atoms with Crippen molar-refractivity contribution in [1.82, 2.24) is 4.90 Å². The Labute approximate surface area is 117 Å². The third-order valence-corrected chi connectivity index (χ3v) is 3.34. The Hall–Kier alpha value is -2.32. The van der Waals surface area contributed by atoms with Crippen molar-refractivity contribution in [1.29, 1.82) is 0 Å². The van der Waals surface area contributed by atoms with Gasteiger partial charge in [-0.25, -0.2) is 0 Å². The molecule has 0 bridgehead atoms. The summed E-state index contributed by atoms with van der Waals surface area (Å²) in [5, 5.41) is 0. The highest BCUT2D eigenvalue weighted by molar-refractivity contribution is 5.95. The molecular formula is C15H17N3O2. The van der Waals surface area contributed by atoms with E-state index in [1.54, 1.807) is 29.2 Å². The molecule has 1 atom stereocenters. The molecule has 1 aliphatic heterocycles. The number of benzene rings is 1. The number of nitrogens with zero attached hydrogens (tertiary/aromatic N) is 1. The predicted octanol–water partition coefficient (Wildman–Crippen LogP) is -0.0558. The lowest BCUT2D eigenvalue weighted by atomic mass is 10.1. The third kappa shape index (κ3) is 3.16. The molecule has 1 saturated heterocycles. The van der Waals surface area contributed by atoms with Crippen LogP contribution in [-0.2, 0) is 4.79 Å². The summed E-state index contributed by atoms with van der Waals surface area (Å²) in [5.74, 6) is 5.01. The molecule has 5 nitrogen and oxygen atoms in total. The van der Waals surface area contributed by atoms with E-state index in [-0.39, 0.29) is 17.7 Å². The van der Waals surface area contributed by atoms with Gasteiger partial charge in [-0.3, -0.25) is 9.59 Å². The Morgan fingerprint density at radius 3 is 2.55 bits per heavy atom. The van der Waals surface area contributed by atoms with Gasteiger partial charge in [-0.15, -0.1) is 0 Å². The highest BCUT2D eigenvalue weighted by Gasteiger charge is 2.29. The maximum absolute atomic E-state index is 12.3. The van der Waals surface area contributed by atoms with Crippen LogP contribution in [0.5, 0.6) is 0 Å². The quantitative estimate of drug-likeness (QED) is 0.739. The summed E-state index contributed by atoms with van der Waals surface area (Å²) in [7, 11) is 0. The Bertz CT molecular complexity index is 569. The first-order valence-electron chi connectivity index (χ1n) is 6.49. The molecule has 0 radical (unpaired) electrons. The van der Waals surface area contributed by atoms with Crippen molar-refractivity contribution in [2.24, 2.45) is 17.4 Å². The maximum atomic E-state index is 12.3. The minimum absolute atomic E-state index is 0.0768. The predicted molar refractivity (Wildman–Crippen MR) is 75.6 cm³/mol. The van der Waals surface area contributed by atoms with Gasteiger partial charge in [-0.1, -0.05) is 11.8 Å². The molecule has 2 rings (SSSR count). The van der Waals surface area contributed by atoms with Crippen molar-refractivity contribution in [3.05, 3.63) is 35.4 Å². The lowest BCUT2D eigenvalue weighted by molar-refractivity contribution is -0.121. The first-order valence-corrected chi connectivity index (χ1v) is 6.49. The van der Waals surface area contributed by atoms with Gasteiger partial charge >= 0.3 is 0 Å². The highest BCUT2D eigenvalue weighted by Crippen LogP contribution is 2.18.